The minimum atomic E-state index is -0.603. The average molecular weight is 454 g/mol. The van der Waals surface area contributed by atoms with Crippen molar-refractivity contribution in [1.29, 1.82) is 0 Å². The van der Waals surface area contributed by atoms with E-state index in [1.54, 1.807) is 31.4 Å². The smallest absolute Gasteiger partial charge is 0.258 e. The van der Waals surface area contributed by atoms with Gasteiger partial charge in [0.05, 0.1) is 6.61 Å². The van der Waals surface area contributed by atoms with E-state index in [4.69, 9.17) is 18.9 Å². The number of hydrogen-bond donors (Lipinski definition) is 3. The summed E-state index contributed by atoms with van der Waals surface area (Å²) in [5, 5.41) is 15.7. The highest BCUT2D eigenvalue weighted by atomic mass is 35.5. The number of carbonyl (C=O) groups excluding carboxylic acids is 1. The lowest BCUT2D eigenvalue weighted by Crippen LogP contribution is -3.00. The molecule has 172 valence electrons. The van der Waals surface area contributed by atoms with E-state index in [1.807, 2.05) is 30.3 Å². The third kappa shape index (κ3) is 12.0. The van der Waals surface area contributed by atoms with Crippen LogP contribution in [0.1, 0.15) is 0 Å². The summed E-state index contributed by atoms with van der Waals surface area (Å²) >= 11 is 0. The van der Waals surface area contributed by atoms with Crippen LogP contribution in [-0.2, 0) is 9.53 Å². The first-order chi connectivity index (χ1) is 14.7. The molecule has 0 unspecified atom stereocenters. The number of hydrogen-bond acceptors (Lipinski definition) is 7. The first-order valence-corrected chi connectivity index (χ1v) is 9.85. The van der Waals surface area contributed by atoms with Crippen LogP contribution in [0.25, 0.3) is 0 Å². The zero-order valence-corrected chi connectivity index (χ0v) is 18.3. The lowest BCUT2D eigenvalue weighted by Gasteiger charge is -2.13. The highest BCUT2D eigenvalue weighted by molar-refractivity contribution is 5.77. The second kappa shape index (κ2) is 16.2. The summed E-state index contributed by atoms with van der Waals surface area (Å²) in [6.45, 7) is 2.55. The molecule has 0 saturated carbocycles. The Bertz CT molecular complexity index is 718. The highest BCUT2D eigenvalue weighted by Crippen LogP contribution is 2.17. The van der Waals surface area contributed by atoms with Crippen LogP contribution in [0.15, 0.2) is 54.6 Å². The first-order valence-electron chi connectivity index (χ1n) is 9.85. The summed E-state index contributed by atoms with van der Waals surface area (Å²) in [4.78, 5) is 11.6. The van der Waals surface area contributed by atoms with Gasteiger partial charge in [0.1, 0.15) is 36.6 Å². The molecule has 0 heterocycles. The summed E-state index contributed by atoms with van der Waals surface area (Å²) in [5.41, 5.74) is 0. The van der Waals surface area contributed by atoms with Gasteiger partial charge in [0, 0.05) is 26.7 Å². The minimum absolute atomic E-state index is 0. The van der Waals surface area contributed by atoms with Gasteiger partial charge in [-0.1, -0.05) is 18.2 Å². The van der Waals surface area contributed by atoms with Gasteiger partial charge in [-0.15, -0.1) is 0 Å². The fraction of sp³-hybridized carbons (Fsp3) is 0.409. The van der Waals surface area contributed by atoms with E-state index in [0.29, 0.717) is 44.3 Å². The van der Waals surface area contributed by atoms with Crippen molar-refractivity contribution in [3.63, 3.8) is 0 Å². The number of rotatable bonds is 15. The van der Waals surface area contributed by atoms with Crippen molar-refractivity contribution in [2.45, 2.75) is 6.10 Å². The van der Waals surface area contributed by atoms with E-state index < -0.39 is 6.10 Å². The summed E-state index contributed by atoms with van der Waals surface area (Å²) < 4.78 is 21.4. The number of methoxy groups -OCH3 is 1. The van der Waals surface area contributed by atoms with Gasteiger partial charge in [0.15, 0.2) is 6.61 Å². The Morgan fingerprint density at radius 2 is 1.55 bits per heavy atom. The maximum Gasteiger partial charge on any atom is 0.258 e. The van der Waals surface area contributed by atoms with Gasteiger partial charge in [-0.05, 0) is 36.4 Å². The molecule has 9 heteroatoms. The van der Waals surface area contributed by atoms with Gasteiger partial charge in [-0.2, -0.15) is 0 Å². The van der Waals surface area contributed by atoms with Crippen LogP contribution in [-0.4, -0.2) is 70.3 Å². The van der Waals surface area contributed by atoms with E-state index >= 15 is 0 Å². The Hall–Kier alpha value is -2.52. The maximum atomic E-state index is 11.6. The summed E-state index contributed by atoms with van der Waals surface area (Å²) in [7, 11) is 1.58. The fourth-order valence-corrected chi connectivity index (χ4v) is 2.40. The molecule has 0 aliphatic heterocycles. The average Bonchev–Trinajstić information content (AvgIpc) is 2.78. The molecule has 0 bridgehead atoms. The molecule has 0 fully saturated rings. The van der Waals surface area contributed by atoms with Gasteiger partial charge in [-0.25, -0.2) is 0 Å². The van der Waals surface area contributed by atoms with Crippen LogP contribution in [0, 0.1) is 0 Å². The number of aliphatic hydroxyl groups excluding tert-OH is 1. The number of aliphatic hydroxyl groups is 1. The largest absolute Gasteiger partial charge is 1.00 e. The molecule has 0 aromatic heterocycles. The SMILES string of the molecule is COCCNC(=O)COc1ccc(OCCNC[C@@H](O)COc2ccccc2)cc1.[Cl-]. The molecule has 0 saturated heterocycles. The third-order valence-electron chi connectivity index (χ3n) is 3.94. The third-order valence-corrected chi connectivity index (χ3v) is 3.94. The van der Waals surface area contributed by atoms with E-state index in [1.165, 1.54) is 0 Å². The number of ether oxygens (including phenoxy) is 4. The molecule has 0 aliphatic rings. The van der Waals surface area contributed by atoms with Crippen LogP contribution >= 0.6 is 0 Å². The quantitative estimate of drug-likeness (QED) is 0.275. The predicted molar refractivity (Wildman–Crippen MR) is 113 cm³/mol. The van der Waals surface area contributed by atoms with Crippen molar-refractivity contribution in [3.05, 3.63) is 54.6 Å². The Morgan fingerprint density at radius 1 is 0.903 bits per heavy atom. The molecule has 2 rings (SSSR count). The monoisotopic (exact) mass is 453 g/mol. The van der Waals surface area contributed by atoms with E-state index in [9.17, 15) is 9.90 Å². The lowest BCUT2D eigenvalue weighted by atomic mass is 10.3. The number of benzene rings is 2. The van der Waals surface area contributed by atoms with Crippen LogP contribution in [0.2, 0.25) is 0 Å². The fourth-order valence-electron chi connectivity index (χ4n) is 2.40. The molecule has 0 spiro atoms. The van der Waals surface area contributed by atoms with Crippen molar-refractivity contribution < 1.29 is 41.3 Å². The molecule has 1 atom stereocenters. The Balaban J connectivity index is 0.00000480. The van der Waals surface area contributed by atoms with Gasteiger partial charge in [-0.3, -0.25) is 4.79 Å². The van der Waals surface area contributed by atoms with Crippen molar-refractivity contribution >= 4 is 5.91 Å². The number of amides is 1. The lowest BCUT2D eigenvalue weighted by molar-refractivity contribution is -0.123. The molecular weight excluding hydrogens is 424 g/mol. The Labute approximate surface area is 189 Å². The molecule has 31 heavy (non-hydrogen) atoms. The molecule has 2 aromatic carbocycles. The maximum absolute atomic E-state index is 11.6. The second-order valence-electron chi connectivity index (χ2n) is 6.43. The number of halogens is 1. The van der Waals surface area contributed by atoms with Crippen LogP contribution in [0.5, 0.6) is 17.2 Å². The molecule has 0 aliphatic carbocycles. The van der Waals surface area contributed by atoms with Crippen molar-refractivity contribution in [2.24, 2.45) is 0 Å². The van der Waals surface area contributed by atoms with E-state index in [0.717, 1.165) is 5.75 Å². The van der Waals surface area contributed by atoms with Gasteiger partial charge in [0.25, 0.3) is 5.91 Å². The molecule has 3 N–H and O–H groups in total. The van der Waals surface area contributed by atoms with Crippen LogP contribution in [0.4, 0.5) is 0 Å². The molecule has 0 radical (unpaired) electrons. The Morgan fingerprint density at radius 3 is 2.23 bits per heavy atom. The molecule has 8 nitrogen and oxygen atoms in total. The normalized spacial score (nSPS) is 11.2. The minimum Gasteiger partial charge on any atom is -1.00 e. The van der Waals surface area contributed by atoms with Gasteiger partial charge < -0.3 is 47.1 Å². The predicted octanol–water partition coefficient (Wildman–Crippen LogP) is -1.76. The van der Waals surface area contributed by atoms with Crippen molar-refractivity contribution in [2.75, 3.05) is 53.2 Å². The van der Waals surface area contributed by atoms with Crippen LogP contribution in [0.3, 0.4) is 0 Å². The van der Waals surface area contributed by atoms with Gasteiger partial charge in [0.2, 0.25) is 0 Å². The number of carbonyl (C=O) groups is 1. The van der Waals surface area contributed by atoms with E-state index in [2.05, 4.69) is 10.6 Å². The standard InChI is InChI=1S/C22H30N2O6.ClH/c1-27-13-12-24-22(26)17-30-21-9-7-20(8-10-21)28-14-11-23-15-18(25)16-29-19-5-3-2-4-6-19;/h2-10,18,23,25H,11-17H2,1H3,(H,24,26);1H/p-1/t18-;/m1./s1. The molecular formula is C22H30ClN2O6-. The first kappa shape index (κ1) is 26.5. The van der Waals surface area contributed by atoms with Crippen molar-refractivity contribution in [1.82, 2.24) is 10.6 Å². The molecule has 2 aromatic rings. The number of para-hydroxylation sites is 1. The topological polar surface area (TPSA) is 98.3 Å². The second-order valence-corrected chi connectivity index (χ2v) is 6.43. The van der Waals surface area contributed by atoms with Gasteiger partial charge >= 0.3 is 0 Å². The summed E-state index contributed by atoms with van der Waals surface area (Å²) in [5.74, 6) is 1.82. The van der Waals surface area contributed by atoms with E-state index in [-0.39, 0.29) is 31.5 Å². The zero-order valence-electron chi connectivity index (χ0n) is 17.6. The summed E-state index contributed by atoms with van der Waals surface area (Å²) in [6, 6.07) is 16.4. The highest BCUT2D eigenvalue weighted by Gasteiger charge is 2.05. The zero-order chi connectivity index (χ0) is 21.4. The summed E-state index contributed by atoms with van der Waals surface area (Å²) in [6.07, 6.45) is -0.603. The van der Waals surface area contributed by atoms with Crippen molar-refractivity contribution in [3.8, 4) is 17.2 Å². The number of nitrogens with one attached hydrogen (secondary N) is 2. The molecule has 1 amide bonds. The van der Waals surface area contributed by atoms with Crippen LogP contribution < -0.4 is 37.3 Å². The Kier molecular flexibility index (Phi) is 13.9.